The topological polar surface area (TPSA) is 72.7 Å². The molecule has 2 rings (SSSR count). The number of hydrogen-bond acceptors (Lipinski definition) is 4. The molecule has 0 fully saturated rings. The minimum absolute atomic E-state index is 0.0620. The first kappa shape index (κ1) is 13.4. The van der Waals surface area contributed by atoms with Crippen LogP contribution >= 0.6 is 0 Å². The second-order valence-electron chi connectivity index (χ2n) is 4.68. The number of furan rings is 1. The Morgan fingerprint density at radius 2 is 2.32 bits per heavy atom. The van der Waals surface area contributed by atoms with Crippen molar-refractivity contribution in [1.82, 2.24) is 10.5 Å². The summed E-state index contributed by atoms with van der Waals surface area (Å²) in [4.78, 5) is 13.1. The molecular weight excluding hydrogens is 246 g/mol. The molecule has 0 saturated heterocycles. The van der Waals surface area contributed by atoms with Crippen molar-refractivity contribution in [2.24, 2.45) is 0 Å². The average molecular weight is 264 g/mol. The number of nitrogens with zero attached hydrogens (tertiary/aromatic N) is 1. The van der Waals surface area contributed by atoms with Crippen LogP contribution in [0.3, 0.4) is 0 Å². The quantitative estimate of drug-likeness (QED) is 0.808. The van der Waals surface area contributed by atoms with Crippen LogP contribution in [0.2, 0.25) is 0 Å². The Kier molecular flexibility index (Phi) is 4.01. The van der Waals surface area contributed by atoms with Gasteiger partial charge in [-0.25, -0.2) is 0 Å². The fourth-order valence-electron chi connectivity index (χ4n) is 1.84. The predicted molar refractivity (Wildman–Crippen MR) is 67.8 cm³/mol. The Morgan fingerprint density at radius 1 is 1.53 bits per heavy atom. The van der Waals surface area contributed by atoms with Crippen LogP contribution in [-0.4, -0.2) is 31.7 Å². The lowest BCUT2D eigenvalue weighted by atomic mass is 10.2. The summed E-state index contributed by atoms with van der Waals surface area (Å²) in [7, 11) is 4.03. The van der Waals surface area contributed by atoms with Crippen molar-refractivity contribution in [1.29, 1.82) is 0 Å². The number of likely N-dealkylation sites (N-methyl/N-ethyl adjacent to an activating group) is 1. The van der Waals surface area contributed by atoms with Gasteiger partial charge in [-0.15, -0.1) is 0 Å². The second-order valence-corrected chi connectivity index (χ2v) is 4.68. The molecule has 6 heteroatoms. The van der Waals surface area contributed by atoms with Crippen LogP contribution in [0.4, 0.5) is 0 Å². The number of nitrogens with one attached hydrogen (secondary N) is 2. The van der Waals surface area contributed by atoms with Crippen LogP contribution in [-0.2, 0) is 0 Å². The number of carbonyl (C=O) groups excluding carboxylic acids is 1. The molecule has 19 heavy (non-hydrogen) atoms. The van der Waals surface area contributed by atoms with Gasteiger partial charge in [0.15, 0.2) is 17.5 Å². The maximum atomic E-state index is 11.9. The molecule has 0 bridgehead atoms. The van der Waals surface area contributed by atoms with E-state index >= 15 is 0 Å². The highest BCUT2D eigenvalue weighted by atomic mass is 16.5. The largest absolute Gasteiger partial charge is 0.463 e. The van der Waals surface area contributed by atoms with Gasteiger partial charge in [0.2, 0.25) is 0 Å². The Labute approximate surface area is 111 Å². The molecule has 2 N–H and O–H groups in total. The summed E-state index contributed by atoms with van der Waals surface area (Å²) in [5.74, 6) is 1.22. The molecule has 1 amide bonds. The summed E-state index contributed by atoms with van der Waals surface area (Å²) >= 11 is 0. The molecule has 0 radical (unpaired) electrons. The van der Waals surface area contributed by atoms with Crippen LogP contribution in [0.25, 0.3) is 0 Å². The Hall–Kier alpha value is -2.08. The SMILES string of the molecule is Cc1cc(C(=O)NC[C@H](c2ccco2)[NH+](C)C)no1. The summed E-state index contributed by atoms with van der Waals surface area (Å²) in [6, 6.07) is 5.42. The van der Waals surface area contributed by atoms with Crippen molar-refractivity contribution in [2.45, 2.75) is 13.0 Å². The Morgan fingerprint density at radius 3 is 2.84 bits per heavy atom. The number of carbonyl (C=O) groups is 1. The van der Waals surface area contributed by atoms with Crippen molar-refractivity contribution >= 4 is 5.91 Å². The van der Waals surface area contributed by atoms with E-state index < -0.39 is 0 Å². The third-order valence-corrected chi connectivity index (χ3v) is 2.91. The van der Waals surface area contributed by atoms with Gasteiger partial charge in [0.25, 0.3) is 5.91 Å². The van der Waals surface area contributed by atoms with E-state index in [0.717, 1.165) is 5.76 Å². The predicted octanol–water partition coefficient (Wildman–Crippen LogP) is 0.192. The lowest BCUT2D eigenvalue weighted by Gasteiger charge is -2.19. The third-order valence-electron chi connectivity index (χ3n) is 2.91. The number of aryl methyl sites for hydroxylation is 1. The molecular formula is C13H18N3O3+. The molecule has 6 nitrogen and oxygen atoms in total. The molecule has 102 valence electrons. The van der Waals surface area contributed by atoms with Gasteiger partial charge in [-0.05, 0) is 19.1 Å². The van der Waals surface area contributed by atoms with Crippen molar-refractivity contribution in [2.75, 3.05) is 20.6 Å². The van der Waals surface area contributed by atoms with Gasteiger partial charge in [-0.1, -0.05) is 5.16 Å². The number of amides is 1. The van der Waals surface area contributed by atoms with Gasteiger partial charge in [0.05, 0.1) is 26.9 Å². The number of hydrogen-bond donors (Lipinski definition) is 2. The maximum Gasteiger partial charge on any atom is 0.273 e. The molecule has 0 aliphatic heterocycles. The lowest BCUT2D eigenvalue weighted by Crippen LogP contribution is -3.07. The molecule has 0 aliphatic carbocycles. The third kappa shape index (κ3) is 3.23. The highest BCUT2D eigenvalue weighted by molar-refractivity contribution is 5.92. The molecule has 0 spiro atoms. The van der Waals surface area contributed by atoms with Gasteiger partial charge in [-0.2, -0.15) is 0 Å². The summed E-state index contributed by atoms with van der Waals surface area (Å²) in [5.41, 5.74) is 0.296. The first-order valence-electron chi connectivity index (χ1n) is 6.13. The van der Waals surface area contributed by atoms with Gasteiger partial charge in [0.1, 0.15) is 5.76 Å². The second kappa shape index (κ2) is 5.71. The minimum atomic E-state index is -0.241. The van der Waals surface area contributed by atoms with E-state index in [4.69, 9.17) is 8.94 Å². The van der Waals surface area contributed by atoms with Crippen LogP contribution < -0.4 is 10.2 Å². The van der Waals surface area contributed by atoms with Crippen LogP contribution in [0, 0.1) is 6.92 Å². The molecule has 2 heterocycles. The van der Waals surface area contributed by atoms with Crippen molar-refractivity contribution in [3.05, 3.63) is 41.7 Å². The van der Waals surface area contributed by atoms with Crippen LogP contribution in [0.5, 0.6) is 0 Å². The van der Waals surface area contributed by atoms with Gasteiger partial charge in [0, 0.05) is 6.07 Å². The Balaban J connectivity index is 1.98. The first-order chi connectivity index (χ1) is 9.08. The standard InChI is InChI=1S/C13H17N3O3/c1-9-7-10(15-19-9)13(17)14-8-11(16(2)3)12-5-4-6-18-12/h4-7,11H,8H2,1-3H3,(H,14,17)/p+1/t11-/m1/s1. The molecule has 0 unspecified atom stereocenters. The van der Waals surface area contributed by atoms with E-state index in [1.54, 1.807) is 19.3 Å². The number of quaternary nitrogens is 1. The van der Waals surface area contributed by atoms with Crippen molar-refractivity contribution < 1.29 is 18.6 Å². The molecule has 0 aliphatic rings. The van der Waals surface area contributed by atoms with E-state index in [1.165, 1.54) is 4.90 Å². The monoisotopic (exact) mass is 264 g/mol. The van der Waals surface area contributed by atoms with Gasteiger partial charge >= 0.3 is 0 Å². The van der Waals surface area contributed by atoms with Gasteiger partial charge < -0.3 is 19.2 Å². The fraction of sp³-hybridized carbons (Fsp3) is 0.385. The van der Waals surface area contributed by atoms with E-state index in [2.05, 4.69) is 10.5 Å². The molecule has 1 atom stereocenters. The number of aromatic nitrogens is 1. The molecule has 2 aromatic rings. The number of rotatable bonds is 5. The first-order valence-corrected chi connectivity index (χ1v) is 6.13. The zero-order chi connectivity index (χ0) is 13.8. The molecule has 0 saturated carbocycles. The van der Waals surface area contributed by atoms with Gasteiger partial charge in [-0.3, -0.25) is 4.79 Å². The fourth-order valence-corrected chi connectivity index (χ4v) is 1.84. The minimum Gasteiger partial charge on any atom is -0.463 e. The van der Waals surface area contributed by atoms with Crippen molar-refractivity contribution in [3.63, 3.8) is 0 Å². The highest BCUT2D eigenvalue weighted by Crippen LogP contribution is 2.09. The summed E-state index contributed by atoms with van der Waals surface area (Å²) in [6.45, 7) is 2.22. The highest BCUT2D eigenvalue weighted by Gasteiger charge is 2.22. The lowest BCUT2D eigenvalue weighted by molar-refractivity contribution is -0.891. The Bertz CT molecular complexity index is 531. The van der Waals surface area contributed by atoms with Crippen LogP contribution in [0.15, 0.2) is 33.4 Å². The zero-order valence-electron chi connectivity index (χ0n) is 11.3. The van der Waals surface area contributed by atoms with E-state index in [0.29, 0.717) is 18.0 Å². The smallest absolute Gasteiger partial charge is 0.273 e. The molecule has 0 aromatic carbocycles. The van der Waals surface area contributed by atoms with E-state index in [1.807, 2.05) is 26.2 Å². The summed E-state index contributed by atoms with van der Waals surface area (Å²) in [6.07, 6.45) is 1.63. The average Bonchev–Trinajstić information content (AvgIpc) is 3.00. The zero-order valence-corrected chi connectivity index (χ0v) is 11.3. The normalized spacial score (nSPS) is 12.6. The molecule has 2 aromatic heterocycles. The summed E-state index contributed by atoms with van der Waals surface area (Å²) < 4.78 is 10.3. The summed E-state index contributed by atoms with van der Waals surface area (Å²) in [5, 5.41) is 6.52. The maximum absolute atomic E-state index is 11.9. The van der Waals surface area contributed by atoms with E-state index in [9.17, 15) is 4.79 Å². The van der Waals surface area contributed by atoms with E-state index in [-0.39, 0.29) is 11.9 Å². The van der Waals surface area contributed by atoms with Crippen molar-refractivity contribution in [3.8, 4) is 0 Å². The van der Waals surface area contributed by atoms with Crippen LogP contribution in [0.1, 0.15) is 28.1 Å².